The van der Waals surface area contributed by atoms with Crippen LogP contribution in [0.2, 0.25) is 0 Å². The molecule has 0 atom stereocenters. The topological polar surface area (TPSA) is 90.7 Å². The van der Waals surface area contributed by atoms with E-state index in [2.05, 4.69) is 5.32 Å². The van der Waals surface area contributed by atoms with Gasteiger partial charge in [-0.3, -0.25) is 14.9 Å². The summed E-state index contributed by atoms with van der Waals surface area (Å²) in [6, 6.07) is 17.9. The van der Waals surface area contributed by atoms with E-state index in [9.17, 15) is 19.3 Å². The predicted octanol–water partition coefficient (Wildman–Crippen LogP) is 4.44. The summed E-state index contributed by atoms with van der Waals surface area (Å²) in [6.45, 7) is 0.577. The van der Waals surface area contributed by atoms with Crippen LogP contribution in [0.5, 0.6) is 11.5 Å². The lowest BCUT2D eigenvalue weighted by atomic mass is 10.2. The first-order valence-corrected chi connectivity index (χ1v) is 8.68. The van der Waals surface area contributed by atoms with Crippen molar-refractivity contribution in [3.05, 3.63) is 94.3 Å². The summed E-state index contributed by atoms with van der Waals surface area (Å²) in [5, 5.41) is 13.5. The Labute approximate surface area is 165 Å². The molecule has 0 aliphatic rings. The lowest BCUT2D eigenvalue weighted by molar-refractivity contribution is -0.384. The third-order valence-electron chi connectivity index (χ3n) is 3.87. The van der Waals surface area contributed by atoms with Gasteiger partial charge in [-0.15, -0.1) is 0 Å². The SMILES string of the molecule is O=C(Nc1ccc(OCCOc2ccc(F)cc2)cc1)c1cccc([N+](=O)[O-])c1. The third kappa shape index (κ3) is 5.77. The molecule has 0 aliphatic carbocycles. The Morgan fingerprint density at radius 1 is 0.931 bits per heavy atom. The zero-order chi connectivity index (χ0) is 20.6. The quantitative estimate of drug-likeness (QED) is 0.345. The summed E-state index contributed by atoms with van der Waals surface area (Å²) in [5.74, 6) is 0.358. The molecule has 0 saturated carbocycles. The van der Waals surface area contributed by atoms with Gasteiger partial charge in [0.25, 0.3) is 11.6 Å². The van der Waals surface area contributed by atoms with E-state index in [1.54, 1.807) is 24.3 Å². The Morgan fingerprint density at radius 3 is 2.10 bits per heavy atom. The van der Waals surface area contributed by atoms with E-state index in [4.69, 9.17) is 9.47 Å². The molecule has 0 saturated heterocycles. The smallest absolute Gasteiger partial charge is 0.270 e. The van der Waals surface area contributed by atoms with Crippen LogP contribution in [0.1, 0.15) is 10.4 Å². The van der Waals surface area contributed by atoms with Gasteiger partial charge in [-0.1, -0.05) is 6.07 Å². The fraction of sp³-hybridized carbons (Fsp3) is 0.0952. The zero-order valence-corrected chi connectivity index (χ0v) is 15.2. The summed E-state index contributed by atoms with van der Waals surface area (Å²) < 4.78 is 23.8. The number of carbonyl (C=O) groups excluding carboxylic acids is 1. The third-order valence-corrected chi connectivity index (χ3v) is 3.87. The maximum absolute atomic E-state index is 12.8. The number of nitro benzene ring substituents is 1. The molecule has 3 rings (SSSR count). The first-order valence-electron chi connectivity index (χ1n) is 8.68. The van der Waals surface area contributed by atoms with E-state index >= 15 is 0 Å². The van der Waals surface area contributed by atoms with Gasteiger partial charge in [0.15, 0.2) is 0 Å². The molecule has 7 nitrogen and oxygen atoms in total. The summed E-state index contributed by atoms with van der Waals surface area (Å²) >= 11 is 0. The Hall–Kier alpha value is -3.94. The van der Waals surface area contributed by atoms with Crippen molar-refractivity contribution in [1.82, 2.24) is 0 Å². The second-order valence-electron chi connectivity index (χ2n) is 5.94. The van der Waals surface area contributed by atoms with Crippen LogP contribution >= 0.6 is 0 Å². The van der Waals surface area contributed by atoms with Crippen molar-refractivity contribution >= 4 is 17.3 Å². The van der Waals surface area contributed by atoms with E-state index < -0.39 is 10.8 Å². The van der Waals surface area contributed by atoms with Crippen LogP contribution < -0.4 is 14.8 Å². The number of amides is 1. The number of nitrogens with zero attached hydrogens (tertiary/aromatic N) is 1. The molecule has 0 unspecified atom stereocenters. The molecule has 0 fully saturated rings. The molecular formula is C21H17FN2O5. The van der Waals surface area contributed by atoms with Crippen LogP contribution in [0.15, 0.2) is 72.8 Å². The van der Waals surface area contributed by atoms with Gasteiger partial charge in [0.2, 0.25) is 0 Å². The number of carbonyl (C=O) groups is 1. The Morgan fingerprint density at radius 2 is 1.52 bits per heavy atom. The molecule has 8 heteroatoms. The van der Waals surface area contributed by atoms with Crippen molar-refractivity contribution < 1.29 is 23.6 Å². The molecule has 0 aromatic heterocycles. The number of nitro groups is 1. The predicted molar refractivity (Wildman–Crippen MR) is 105 cm³/mol. The van der Waals surface area contributed by atoms with Crippen molar-refractivity contribution in [3.8, 4) is 11.5 Å². The molecule has 148 valence electrons. The first-order chi connectivity index (χ1) is 14.0. The van der Waals surface area contributed by atoms with E-state index in [0.717, 1.165) is 0 Å². The van der Waals surface area contributed by atoms with Gasteiger partial charge < -0.3 is 14.8 Å². The first kappa shape index (κ1) is 19.8. The van der Waals surface area contributed by atoms with E-state index in [1.807, 2.05) is 0 Å². The Balaban J connectivity index is 1.48. The number of anilines is 1. The van der Waals surface area contributed by atoms with Crippen molar-refractivity contribution in [3.63, 3.8) is 0 Å². The molecule has 3 aromatic rings. The Kier molecular flexibility index (Phi) is 6.36. The molecule has 1 amide bonds. The van der Waals surface area contributed by atoms with Crippen molar-refractivity contribution in [1.29, 1.82) is 0 Å². The van der Waals surface area contributed by atoms with Crippen LogP contribution in [0.4, 0.5) is 15.8 Å². The standard InChI is InChI=1S/C21H17FN2O5/c22-16-4-8-19(9-5-16)28-12-13-29-20-10-6-17(7-11-20)23-21(25)15-2-1-3-18(14-15)24(26)27/h1-11,14H,12-13H2,(H,23,25). The van der Waals surface area contributed by atoms with E-state index in [-0.39, 0.29) is 30.3 Å². The van der Waals surface area contributed by atoms with Gasteiger partial charge in [0.05, 0.1) is 4.92 Å². The lowest BCUT2D eigenvalue weighted by Gasteiger charge is -2.09. The van der Waals surface area contributed by atoms with E-state index in [1.165, 1.54) is 48.5 Å². The summed E-state index contributed by atoms with van der Waals surface area (Å²) in [7, 11) is 0. The van der Waals surface area contributed by atoms with Crippen LogP contribution in [-0.2, 0) is 0 Å². The molecule has 3 aromatic carbocycles. The maximum Gasteiger partial charge on any atom is 0.270 e. The highest BCUT2D eigenvalue weighted by molar-refractivity contribution is 6.04. The molecule has 1 N–H and O–H groups in total. The number of benzene rings is 3. The minimum Gasteiger partial charge on any atom is -0.490 e. The number of hydrogen-bond acceptors (Lipinski definition) is 5. The number of hydrogen-bond donors (Lipinski definition) is 1. The zero-order valence-electron chi connectivity index (χ0n) is 15.2. The largest absolute Gasteiger partial charge is 0.490 e. The lowest BCUT2D eigenvalue weighted by Crippen LogP contribution is -2.12. The van der Waals surface area contributed by atoms with Crippen LogP contribution in [0.3, 0.4) is 0 Å². The molecule has 0 heterocycles. The number of rotatable bonds is 8. The number of non-ortho nitro benzene ring substituents is 1. The maximum atomic E-state index is 12.8. The summed E-state index contributed by atoms with van der Waals surface area (Å²) in [5.41, 5.74) is 0.568. The average Bonchev–Trinajstić information content (AvgIpc) is 2.73. The molecule has 0 bridgehead atoms. The summed E-state index contributed by atoms with van der Waals surface area (Å²) in [4.78, 5) is 22.5. The van der Waals surface area contributed by atoms with Crippen LogP contribution in [0, 0.1) is 15.9 Å². The van der Waals surface area contributed by atoms with Gasteiger partial charge in [-0.25, -0.2) is 4.39 Å². The Bertz CT molecular complexity index is 991. The second-order valence-corrected chi connectivity index (χ2v) is 5.94. The van der Waals surface area contributed by atoms with Crippen molar-refractivity contribution in [2.24, 2.45) is 0 Å². The second kappa shape index (κ2) is 9.32. The highest BCUT2D eigenvalue weighted by Crippen LogP contribution is 2.18. The van der Waals surface area contributed by atoms with Gasteiger partial charge in [-0.2, -0.15) is 0 Å². The molecule has 0 spiro atoms. The van der Waals surface area contributed by atoms with Crippen molar-refractivity contribution in [2.45, 2.75) is 0 Å². The molecule has 29 heavy (non-hydrogen) atoms. The fourth-order valence-corrected chi connectivity index (χ4v) is 2.45. The van der Waals surface area contributed by atoms with Gasteiger partial charge in [-0.05, 0) is 54.6 Å². The molecular weight excluding hydrogens is 379 g/mol. The van der Waals surface area contributed by atoms with Gasteiger partial charge in [0, 0.05) is 23.4 Å². The monoisotopic (exact) mass is 396 g/mol. The number of halogens is 1. The minimum atomic E-state index is -0.553. The number of nitrogens with one attached hydrogen (secondary N) is 1. The molecule has 0 radical (unpaired) electrons. The van der Waals surface area contributed by atoms with Gasteiger partial charge >= 0.3 is 0 Å². The minimum absolute atomic E-state index is 0.149. The van der Waals surface area contributed by atoms with Gasteiger partial charge in [0.1, 0.15) is 30.5 Å². The van der Waals surface area contributed by atoms with Crippen LogP contribution in [-0.4, -0.2) is 24.0 Å². The highest BCUT2D eigenvalue weighted by Gasteiger charge is 2.11. The van der Waals surface area contributed by atoms with Crippen molar-refractivity contribution in [2.75, 3.05) is 18.5 Å². The molecule has 0 aliphatic heterocycles. The average molecular weight is 396 g/mol. The number of ether oxygens (including phenoxy) is 2. The van der Waals surface area contributed by atoms with E-state index in [0.29, 0.717) is 17.2 Å². The normalized spacial score (nSPS) is 10.2. The summed E-state index contributed by atoms with van der Waals surface area (Å²) in [6.07, 6.45) is 0. The fourth-order valence-electron chi connectivity index (χ4n) is 2.45. The van der Waals surface area contributed by atoms with Crippen LogP contribution in [0.25, 0.3) is 0 Å². The highest BCUT2D eigenvalue weighted by atomic mass is 19.1.